The van der Waals surface area contributed by atoms with Gasteiger partial charge in [0.05, 0.1) is 17.2 Å². The highest BCUT2D eigenvalue weighted by molar-refractivity contribution is 7.92. The highest BCUT2D eigenvalue weighted by Gasteiger charge is 2.33. The van der Waals surface area contributed by atoms with Crippen molar-refractivity contribution in [3.05, 3.63) is 90.5 Å². The number of amides is 2. The number of nitrogens with one attached hydrogen (secondary N) is 1. The molecule has 0 spiro atoms. The van der Waals surface area contributed by atoms with E-state index < -0.39 is 28.5 Å². The third-order valence-corrected chi connectivity index (χ3v) is 8.90. The van der Waals surface area contributed by atoms with E-state index in [0.717, 1.165) is 35.6 Å². The number of carbonyl (C=O) groups is 2. The molecule has 0 unspecified atom stereocenters. The minimum absolute atomic E-state index is 0.0679. The molecule has 8 nitrogen and oxygen atoms in total. The quantitative estimate of drug-likeness (QED) is 0.343. The van der Waals surface area contributed by atoms with Crippen molar-refractivity contribution >= 4 is 27.5 Å². The molecule has 4 rings (SSSR count). The first-order valence-corrected chi connectivity index (χ1v) is 15.2. The van der Waals surface area contributed by atoms with Crippen molar-refractivity contribution < 1.29 is 22.7 Å². The van der Waals surface area contributed by atoms with Crippen LogP contribution in [0.3, 0.4) is 0 Å². The molecule has 1 aliphatic rings. The van der Waals surface area contributed by atoms with Gasteiger partial charge in [-0.15, -0.1) is 0 Å². The average molecular weight is 564 g/mol. The monoisotopic (exact) mass is 563 g/mol. The zero-order valence-electron chi connectivity index (χ0n) is 23.0. The van der Waals surface area contributed by atoms with Gasteiger partial charge in [0.15, 0.2) is 0 Å². The second-order valence-corrected chi connectivity index (χ2v) is 11.8. The van der Waals surface area contributed by atoms with Crippen LogP contribution in [0.15, 0.2) is 89.8 Å². The Morgan fingerprint density at radius 3 is 2.12 bits per heavy atom. The molecule has 2 amide bonds. The fourth-order valence-corrected chi connectivity index (χ4v) is 6.31. The van der Waals surface area contributed by atoms with Crippen LogP contribution in [0.2, 0.25) is 0 Å². The minimum Gasteiger partial charge on any atom is -0.494 e. The summed E-state index contributed by atoms with van der Waals surface area (Å²) in [6.45, 7) is 3.72. The van der Waals surface area contributed by atoms with Crippen molar-refractivity contribution in [3.8, 4) is 5.75 Å². The summed E-state index contributed by atoms with van der Waals surface area (Å²) >= 11 is 0. The lowest BCUT2D eigenvalue weighted by Crippen LogP contribution is -2.52. The molecule has 0 saturated heterocycles. The number of anilines is 1. The molecule has 0 heterocycles. The standard InChI is InChI=1S/C31H37N3O5S/c1-3-39-28-20-18-27(19-21-28)34(40(37,38)29-16-8-5-9-17-29)23-30(35)33(22-25-12-6-4-7-13-25)24(2)31(36)32-26-14-10-11-15-26/h4-9,12-13,16-21,24,26H,3,10-11,14-15,22-23H2,1-2H3,(H,32,36)/t24-/m1/s1. The lowest BCUT2D eigenvalue weighted by molar-refractivity contribution is -0.139. The van der Waals surface area contributed by atoms with Crippen LogP contribution in [0.5, 0.6) is 5.75 Å². The van der Waals surface area contributed by atoms with Gasteiger partial charge in [0, 0.05) is 12.6 Å². The van der Waals surface area contributed by atoms with E-state index in [1.165, 1.54) is 17.0 Å². The maximum atomic E-state index is 14.0. The van der Waals surface area contributed by atoms with Gasteiger partial charge >= 0.3 is 0 Å². The van der Waals surface area contributed by atoms with E-state index in [1.807, 2.05) is 37.3 Å². The van der Waals surface area contributed by atoms with Gasteiger partial charge < -0.3 is 15.0 Å². The number of sulfonamides is 1. The Labute approximate surface area is 237 Å². The molecule has 1 saturated carbocycles. The molecule has 0 radical (unpaired) electrons. The molecule has 40 heavy (non-hydrogen) atoms. The summed E-state index contributed by atoms with van der Waals surface area (Å²) in [5, 5.41) is 3.08. The van der Waals surface area contributed by atoms with E-state index in [9.17, 15) is 18.0 Å². The summed E-state index contributed by atoms with van der Waals surface area (Å²) in [5.41, 5.74) is 1.17. The zero-order valence-corrected chi connectivity index (χ0v) is 23.8. The van der Waals surface area contributed by atoms with E-state index in [4.69, 9.17) is 4.74 Å². The van der Waals surface area contributed by atoms with Crippen LogP contribution in [0, 0.1) is 0 Å². The predicted octanol–water partition coefficient (Wildman–Crippen LogP) is 4.76. The smallest absolute Gasteiger partial charge is 0.264 e. The Morgan fingerprint density at radius 2 is 1.52 bits per heavy atom. The van der Waals surface area contributed by atoms with Gasteiger partial charge in [-0.25, -0.2) is 8.42 Å². The second-order valence-electron chi connectivity index (χ2n) is 9.92. The Bertz CT molecular complexity index is 1360. The number of hydrogen-bond donors (Lipinski definition) is 1. The minimum atomic E-state index is -4.10. The Morgan fingerprint density at radius 1 is 0.925 bits per heavy atom. The average Bonchev–Trinajstić information content (AvgIpc) is 3.49. The number of rotatable bonds is 12. The van der Waals surface area contributed by atoms with Gasteiger partial charge in [0.1, 0.15) is 18.3 Å². The molecule has 9 heteroatoms. The Balaban J connectivity index is 1.66. The molecule has 3 aromatic rings. The first-order chi connectivity index (χ1) is 19.3. The van der Waals surface area contributed by atoms with Crippen molar-refractivity contribution in [2.45, 2.75) is 63.1 Å². The third-order valence-electron chi connectivity index (χ3n) is 7.11. The maximum absolute atomic E-state index is 14.0. The van der Waals surface area contributed by atoms with Crippen LogP contribution < -0.4 is 14.4 Å². The van der Waals surface area contributed by atoms with E-state index >= 15 is 0 Å². The summed E-state index contributed by atoms with van der Waals surface area (Å²) in [4.78, 5) is 28.8. The molecule has 1 atom stereocenters. The second kappa shape index (κ2) is 13.5. The van der Waals surface area contributed by atoms with Crippen molar-refractivity contribution in [1.29, 1.82) is 0 Å². The van der Waals surface area contributed by atoms with Crippen LogP contribution in [0.25, 0.3) is 0 Å². The van der Waals surface area contributed by atoms with Crippen LogP contribution in [-0.2, 0) is 26.2 Å². The van der Waals surface area contributed by atoms with Gasteiger partial charge in [0.25, 0.3) is 10.0 Å². The summed E-state index contributed by atoms with van der Waals surface area (Å²) < 4.78 is 34.3. The number of benzene rings is 3. The van der Waals surface area contributed by atoms with Crippen molar-refractivity contribution in [3.63, 3.8) is 0 Å². The summed E-state index contributed by atoms with van der Waals surface area (Å²) in [5.74, 6) is -0.126. The van der Waals surface area contributed by atoms with Crippen LogP contribution in [0.4, 0.5) is 5.69 Å². The Hall–Kier alpha value is -3.85. The van der Waals surface area contributed by atoms with Gasteiger partial charge in [0.2, 0.25) is 11.8 Å². The van der Waals surface area contributed by atoms with Crippen LogP contribution in [-0.4, -0.2) is 50.4 Å². The number of ether oxygens (including phenoxy) is 1. The van der Waals surface area contributed by atoms with Crippen molar-refractivity contribution in [1.82, 2.24) is 10.2 Å². The molecular weight excluding hydrogens is 526 g/mol. The highest BCUT2D eigenvalue weighted by Crippen LogP contribution is 2.27. The lowest BCUT2D eigenvalue weighted by atomic mass is 10.1. The molecule has 0 aliphatic heterocycles. The van der Waals surface area contributed by atoms with Crippen molar-refractivity contribution in [2.24, 2.45) is 0 Å². The molecule has 212 valence electrons. The molecule has 1 aliphatic carbocycles. The first kappa shape index (κ1) is 29.1. The van der Waals surface area contributed by atoms with E-state index in [-0.39, 0.29) is 23.4 Å². The largest absolute Gasteiger partial charge is 0.494 e. The fourth-order valence-electron chi connectivity index (χ4n) is 4.88. The van der Waals surface area contributed by atoms with Crippen LogP contribution >= 0.6 is 0 Å². The summed E-state index contributed by atoms with van der Waals surface area (Å²) in [6, 6.07) is 23.3. The van der Waals surface area contributed by atoms with E-state index in [1.54, 1.807) is 49.4 Å². The molecule has 1 fully saturated rings. The number of nitrogens with zero attached hydrogens (tertiary/aromatic N) is 2. The van der Waals surface area contributed by atoms with Gasteiger partial charge in [-0.3, -0.25) is 13.9 Å². The topological polar surface area (TPSA) is 96.0 Å². The van der Waals surface area contributed by atoms with Crippen molar-refractivity contribution in [2.75, 3.05) is 17.5 Å². The summed E-state index contributed by atoms with van der Waals surface area (Å²) in [6.07, 6.45) is 3.98. The third kappa shape index (κ3) is 7.21. The Kier molecular flexibility index (Phi) is 9.82. The lowest BCUT2D eigenvalue weighted by Gasteiger charge is -2.32. The molecular formula is C31H37N3O5S. The van der Waals surface area contributed by atoms with E-state index in [2.05, 4.69) is 5.32 Å². The predicted molar refractivity (Wildman–Crippen MR) is 155 cm³/mol. The zero-order chi connectivity index (χ0) is 28.5. The highest BCUT2D eigenvalue weighted by atomic mass is 32.2. The van der Waals surface area contributed by atoms with E-state index in [0.29, 0.717) is 18.0 Å². The summed E-state index contributed by atoms with van der Waals surface area (Å²) in [7, 11) is -4.10. The van der Waals surface area contributed by atoms with Crippen LogP contribution in [0.1, 0.15) is 45.1 Å². The number of hydrogen-bond acceptors (Lipinski definition) is 5. The van der Waals surface area contributed by atoms with Gasteiger partial charge in [-0.05, 0) is 68.7 Å². The fraction of sp³-hybridized carbons (Fsp3) is 0.355. The molecule has 1 N–H and O–H groups in total. The molecule has 0 bridgehead atoms. The normalized spacial score (nSPS) is 14.3. The maximum Gasteiger partial charge on any atom is 0.264 e. The molecule has 0 aromatic heterocycles. The first-order valence-electron chi connectivity index (χ1n) is 13.7. The number of carbonyl (C=O) groups excluding carboxylic acids is 2. The SMILES string of the molecule is CCOc1ccc(N(CC(=O)N(Cc2ccccc2)[C@H](C)C(=O)NC2CCCC2)S(=O)(=O)c2ccccc2)cc1. The van der Waals surface area contributed by atoms with Gasteiger partial charge in [-0.2, -0.15) is 0 Å². The van der Waals surface area contributed by atoms with Gasteiger partial charge in [-0.1, -0.05) is 61.4 Å². The molecule has 3 aromatic carbocycles.